The van der Waals surface area contributed by atoms with Gasteiger partial charge in [-0.25, -0.2) is 0 Å². The Hall–Kier alpha value is -2.62. The van der Waals surface area contributed by atoms with Crippen LogP contribution in [0.5, 0.6) is 11.5 Å². The molecule has 0 aromatic heterocycles. The predicted octanol–water partition coefficient (Wildman–Crippen LogP) is 3.73. The molecule has 0 heterocycles. The minimum atomic E-state index is -0.495. The number of hydrogen-bond donors (Lipinski definition) is 0. The first-order valence-electron chi connectivity index (χ1n) is 5.39. The van der Waals surface area contributed by atoms with Crippen molar-refractivity contribution in [1.82, 2.24) is 0 Å². The van der Waals surface area contributed by atoms with Gasteiger partial charge in [-0.2, -0.15) is 0 Å². The van der Waals surface area contributed by atoms with Gasteiger partial charge in [-0.3, -0.25) is 10.1 Å². The SMILES string of the molecule is O=[N+]([O-])C=Cc1cccc(Oc2ccccc2)c1. The van der Waals surface area contributed by atoms with E-state index < -0.39 is 4.92 Å². The summed E-state index contributed by atoms with van der Waals surface area (Å²) in [7, 11) is 0. The van der Waals surface area contributed by atoms with Crippen molar-refractivity contribution in [1.29, 1.82) is 0 Å². The quantitative estimate of drug-likeness (QED) is 0.605. The second kappa shape index (κ2) is 5.63. The van der Waals surface area contributed by atoms with Crippen molar-refractivity contribution < 1.29 is 9.66 Å². The Morgan fingerprint density at radius 2 is 1.72 bits per heavy atom. The molecule has 0 unspecified atom stereocenters. The summed E-state index contributed by atoms with van der Waals surface area (Å²) < 4.78 is 5.62. The highest BCUT2D eigenvalue weighted by Gasteiger charge is 1.97. The van der Waals surface area contributed by atoms with Gasteiger partial charge in [-0.15, -0.1) is 0 Å². The van der Waals surface area contributed by atoms with Crippen LogP contribution in [0, 0.1) is 10.1 Å². The summed E-state index contributed by atoms with van der Waals surface area (Å²) >= 11 is 0. The zero-order valence-electron chi connectivity index (χ0n) is 9.52. The van der Waals surface area contributed by atoms with Crippen LogP contribution in [0.25, 0.3) is 6.08 Å². The molecule has 4 nitrogen and oxygen atoms in total. The molecular formula is C14H11NO3. The third kappa shape index (κ3) is 3.45. The molecule has 0 bridgehead atoms. The summed E-state index contributed by atoms with van der Waals surface area (Å²) in [6, 6.07) is 16.5. The van der Waals surface area contributed by atoms with Crippen molar-refractivity contribution in [3.05, 3.63) is 76.5 Å². The first kappa shape index (κ1) is 11.9. The average Bonchev–Trinajstić information content (AvgIpc) is 2.38. The van der Waals surface area contributed by atoms with Crippen LogP contribution < -0.4 is 4.74 Å². The molecule has 2 aromatic carbocycles. The zero-order chi connectivity index (χ0) is 12.8. The molecule has 4 heteroatoms. The molecule has 18 heavy (non-hydrogen) atoms. The molecule has 0 saturated carbocycles. The molecule has 0 radical (unpaired) electrons. The summed E-state index contributed by atoms with van der Waals surface area (Å²) in [5, 5.41) is 10.2. The van der Waals surface area contributed by atoms with E-state index in [0.29, 0.717) is 5.75 Å². The summed E-state index contributed by atoms with van der Waals surface area (Å²) in [6.07, 6.45) is 2.33. The maximum Gasteiger partial charge on any atom is 0.235 e. The van der Waals surface area contributed by atoms with Crippen molar-refractivity contribution in [3.63, 3.8) is 0 Å². The number of ether oxygens (including phenoxy) is 1. The number of nitrogens with zero attached hydrogens (tertiary/aromatic N) is 1. The van der Waals surface area contributed by atoms with E-state index in [4.69, 9.17) is 4.74 Å². The smallest absolute Gasteiger partial charge is 0.235 e. The minimum absolute atomic E-state index is 0.495. The van der Waals surface area contributed by atoms with Gasteiger partial charge in [0.2, 0.25) is 6.20 Å². The summed E-state index contributed by atoms with van der Waals surface area (Å²) in [5.74, 6) is 1.37. The molecule has 90 valence electrons. The molecule has 0 amide bonds. The van der Waals surface area contributed by atoms with Crippen LogP contribution >= 0.6 is 0 Å². The fourth-order valence-corrected chi connectivity index (χ4v) is 1.45. The number of benzene rings is 2. The third-order valence-corrected chi connectivity index (χ3v) is 2.23. The second-order valence-electron chi connectivity index (χ2n) is 3.59. The van der Waals surface area contributed by atoms with E-state index >= 15 is 0 Å². The lowest BCUT2D eigenvalue weighted by Gasteiger charge is -2.05. The van der Waals surface area contributed by atoms with Crippen molar-refractivity contribution in [2.45, 2.75) is 0 Å². The highest BCUT2D eigenvalue weighted by atomic mass is 16.6. The lowest BCUT2D eigenvalue weighted by atomic mass is 10.2. The fourth-order valence-electron chi connectivity index (χ4n) is 1.45. The first-order valence-corrected chi connectivity index (χ1v) is 5.39. The van der Waals surface area contributed by atoms with Crippen molar-refractivity contribution in [2.24, 2.45) is 0 Å². The van der Waals surface area contributed by atoms with Crippen LogP contribution in [-0.2, 0) is 0 Å². The Balaban J connectivity index is 2.15. The molecule has 0 spiro atoms. The molecule has 0 aliphatic carbocycles. The van der Waals surface area contributed by atoms with E-state index in [2.05, 4.69) is 0 Å². The Morgan fingerprint density at radius 3 is 2.44 bits per heavy atom. The van der Waals surface area contributed by atoms with Crippen molar-refractivity contribution >= 4 is 6.08 Å². The highest BCUT2D eigenvalue weighted by Crippen LogP contribution is 2.22. The van der Waals surface area contributed by atoms with Gasteiger partial charge in [0.05, 0.1) is 4.92 Å². The lowest BCUT2D eigenvalue weighted by Crippen LogP contribution is -1.85. The molecule has 0 atom stereocenters. The topological polar surface area (TPSA) is 52.4 Å². The van der Waals surface area contributed by atoms with Crippen molar-refractivity contribution in [2.75, 3.05) is 0 Å². The molecule has 0 aliphatic heterocycles. The van der Waals surface area contributed by atoms with E-state index in [1.807, 2.05) is 30.3 Å². The van der Waals surface area contributed by atoms with Crippen LogP contribution in [0.2, 0.25) is 0 Å². The van der Waals surface area contributed by atoms with Gasteiger partial charge in [-0.1, -0.05) is 30.3 Å². The van der Waals surface area contributed by atoms with Gasteiger partial charge in [-0.05, 0) is 29.8 Å². The van der Waals surface area contributed by atoms with Crippen LogP contribution in [0.4, 0.5) is 0 Å². The predicted molar refractivity (Wildman–Crippen MR) is 69.0 cm³/mol. The number of hydrogen-bond acceptors (Lipinski definition) is 3. The molecule has 2 rings (SSSR count). The van der Waals surface area contributed by atoms with Crippen LogP contribution in [0.3, 0.4) is 0 Å². The number of para-hydroxylation sites is 1. The zero-order valence-corrected chi connectivity index (χ0v) is 9.52. The monoisotopic (exact) mass is 241 g/mol. The van der Waals surface area contributed by atoms with Crippen LogP contribution in [0.1, 0.15) is 5.56 Å². The number of rotatable bonds is 4. The van der Waals surface area contributed by atoms with Crippen LogP contribution in [-0.4, -0.2) is 4.92 Å². The maximum absolute atomic E-state index is 10.2. The van der Waals surface area contributed by atoms with Crippen LogP contribution in [0.15, 0.2) is 60.8 Å². The first-order chi connectivity index (χ1) is 8.74. The Bertz CT molecular complexity index is 564. The molecule has 0 aliphatic rings. The van der Waals surface area contributed by atoms with E-state index in [-0.39, 0.29) is 0 Å². The molecule has 0 N–H and O–H groups in total. The third-order valence-electron chi connectivity index (χ3n) is 2.23. The fraction of sp³-hybridized carbons (Fsp3) is 0. The Labute approximate surface area is 104 Å². The Kier molecular flexibility index (Phi) is 3.71. The lowest BCUT2D eigenvalue weighted by molar-refractivity contribution is -0.400. The van der Waals surface area contributed by atoms with Gasteiger partial charge in [0.15, 0.2) is 0 Å². The normalized spacial score (nSPS) is 10.4. The second-order valence-corrected chi connectivity index (χ2v) is 3.59. The van der Waals surface area contributed by atoms with Gasteiger partial charge in [0.25, 0.3) is 0 Å². The molecule has 2 aromatic rings. The largest absolute Gasteiger partial charge is 0.457 e. The van der Waals surface area contributed by atoms with E-state index in [1.165, 1.54) is 6.08 Å². The van der Waals surface area contributed by atoms with E-state index in [1.54, 1.807) is 24.3 Å². The number of nitro groups is 1. The summed E-state index contributed by atoms with van der Waals surface area (Å²) in [6.45, 7) is 0. The van der Waals surface area contributed by atoms with Gasteiger partial charge in [0, 0.05) is 6.08 Å². The van der Waals surface area contributed by atoms with Gasteiger partial charge < -0.3 is 4.74 Å². The maximum atomic E-state index is 10.2. The van der Waals surface area contributed by atoms with E-state index in [0.717, 1.165) is 17.5 Å². The van der Waals surface area contributed by atoms with Gasteiger partial charge in [0.1, 0.15) is 11.5 Å². The van der Waals surface area contributed by atoms with Gasteiger partial charge >= 0.3 is 0 Å². The molecular weight excluding hydrogens is 230 g/mol. The minimum Gasteiger partial charge on any atom is -0.457 e. The standard InChI is InChI=1S/C14H11NO3/c16-15(17)10-9-12-5-4-8-14(11-12)18-13-6-2-1-3-7-13/h1-11H. The molecule has 0 fully saturated rings. The summed E-state index contributed by atoms with van der Waals surface area (Å²) in [5.41, 5.74) is 0.722. The van der Waals surface area contributed by atoms with Crippen molar-refractivity contribution in [3.8, 4) is 11.5 Å². The summed E-state index contributed by atoms with van der Waals surface area (Å²) in [4.78, 5) is 9.74. The van der Waals surface area contributed by atoms with E-state index in [9.17, 15) is 10.1 Å². The Morgan fingerprint density at radius 1 is 1.00 bits per heavy atom. The molecule has 0 saturated heterocycles. The highest BCUT2D eigenvalue weighted by molar-refractivity contribution is 5.51. The average molecular weight is 241 g/mol.